The van der Waals surface area contributed by atoms with Crippen LogP contribution in [0.4, 0.5) is 14.5 Å². The van der Waals surface area contributed by atoms with Gasteiger partial charge in [0.2, 0.25) is 5.91 Å². The highest BCUT2D eigenvalue weighted by molar-refractivity contribution is 7.98. The predicted molar refractivity (Wildman–Crippen MR) is 159 cm³/mol. The summed E-state index contributed by atoms with van der Waals surface area (Å²) in [5.41, 5.74) is 1.21. The molecule has 4 aromatic rings. The molecule has 2 aliphatic rings. The molecule has 232 valence electrons. The van der Waals surface area contributed by atoms with Gasteiger partial charge in [-0.2, -0.15) is 19.0 Å². The standard InChI is InChI=1S/C29H32F2N8O4S/c1-36(19-16-42-17-19)18-6-10-37(11-7-18)25(40)15-38-14-23(34-28(41)22-13-33-39-9-3-8-32-27(22)39)26(35-38)21-12-20(44-2)4-5-24(21)43-29(30)31/h3-5,8-9,12-14,18-19,29H,6-7,10-11,15-17H2,1-2H3,(H,34,41). The predicted octanol–water partition coefficient (Wildman–Crippen LogP) is 3.49. The number of aromatic nitrogens is 5. The summed E-state index contributed by atoms with van der Waals surface area (Å²) in [4.78, 5) is 36.0. The Kier molecular flexibility index (Phi) is 8.77. The number of fused-ring (bicyclic) bond motifs is 1. The Bertz CT molecular complexity index is 1650. The molecule has 2 saturated heterocycles. The van der Waals surface area contributed by atoms with E-state index in [1.54, 1.807) is 30.6 Å². The molecule has 2 fully saturated rings. The van der Waals surface area contributed by atoms with Crippen LogP contribution in [0.15, 0.2) is 53.9 Å². The molecular weight excluding hydrogens is 594 g/mol. The summed E-state index contributed by atoms with van der Waals surface area (Å²) < 4.78 is 39.8. The number of likely N-dealkylation sites (N-methyl/N-ethyl adjacent to an activating group) is 1. The van der Waals surface area contributed by atoms with Crippen LogP contribution in [-0.4, -0.2) is 104 Å². The van der Waals surface area contributed by atoms with Crippen LogP contribution in [0.2, 0.25) is 0 Å². The average Bonchev–Trinajstić information content (AvgIpc) is 3.60. The first-order valence-electron chi connectivity index (χ1n) is 14.2. The number of carbonyl (C=O) groups is 2. The summed E-state index contributed by atoms with van der Waals surface area (Å²) in [7, 11) is 2.11. The molecule has 0 spiro atoms. The second-order valence-corrected chi connectivity index (χ2v) is 11.6. The maximum Gasteiger partial charge on any atom is 0.387 e. The van der Waals surface area contributed by atoms with E-state index in [4.69, 9.17) is 9.47 Å². The SMILES string of the molecule is CSc1ccc(OC(F)F)c(-c2nn(CC(=O)N3CCC(N(C)C4COC4)CC3)cc2NC(=O)c2cnn3cccnc23)c1. The van der Waals surface area contributed by atoms with Gasteiger partial charge >= 0.3 is 6.61 Å². The van der Waals surface area contributed by atoms with Crippen LogP contribution >= 0.6 is 11.8 Å². The summed E-state index contributed by atoms with van der Waals surface area (Å²) in [6, 6.07) is 7.27. The summed E-state index contributed by atoms with van der Waals surface area (Å²) in [6.45, 7) is -0.446. The van der Waals surface area contributed by atoms with E-state index in [1.165, 1.54) is 39.4 Å². The number of nitrogens with zero attached hydrogens (tertiary/aromatic N) is 7. The molecule has 5 heterocycles. The number of hydrogen-bond donors (Lipinski definition) is 1. The fourth-order valence-electron chi connectivity index (χ4n) is 5.51. The fourth-order valence-corrected chi connectivity index (χ4v) is 5.95. The molecule has 1 N–H and O–H groups in total. The number of alkyl halides is 2. The molecule has 3 aromatic heterocycles. The third-order valence-electron chi connectivity index (χ3n) is 8.08. The number of anilines is 1. The lowest BCUT2D eigenvalue weighted by atomic mass is 10.0. The van der Waals surface area contributed by atoms with E-state index in [9.17, 15) is 18.4 Å². The van der Waals surface area contributed by atoms with Gasteiger partial charge in [0.15, 0.2) is 5.65 Å². The Balaban J connectivity index is 1.26. The van der Waals surface area contributed by atoms with Gasteiger partial charge < -0.3 is 19.7 Å². The Morgan fingerprint density at radius 1 is 1.23 bits per heavy atom. The maximum atomic E-state index is 13.4. The lowest BCUT2D eigenvalue weighted by molar-refractivity contribution is -0.134. The molecule has 2 amide bonds. The summed E-state index contributed by atoms with van der Waals surface area (Å²) in [5.74, 6) is -0.754. The van der Waals surface area contributed by atoms with Gasteiger partial charge in [0, 0.05) is 48.2 Å². The van der Waals surface area contributed by atoms with Gasteiger partial charge in [-0.3, -0.25) is 19.2 Å². The monoisotopic (exact) mass is 626 g/mol. The van der Waals surface area contributed by atoms with Crippen LogP contribution in [0.25, 0.3) is 16.9 Å². The molecule has 2 aliphatic heterocycles. The largest absolute Gasteiger partial charge is 0.434 e. The molecule has 0 aliphatic carbocycles. The number of hydrogen-bond acceptors (Lipinski definition) is 9. The topological polar surface area (TPSA) is 119 Å². The third-order valence-corrected chi connectivity index (χ3v) is 8.80. The fraction of sp³-hybridized carbons (Fsp3) is 0.414. The highest BCUT2D eigenvalue weighted by Gasteiger charge is 2.32. The van der Waals surface area contributed by atoms with Crippen molar-refractivity contribution in [2.24, 2.45) is 0 Å². The number of amides is 2. The number of thioether (sulfide) groups is 1. The number of carbonyl (C=O) groups excluding carboxylic acids is 2. The average molecular weight is 627 g/mol. The summed E-state index contributed by atoms with van der Waals surface area (Å²) >= 11 is 1.41. The minimum atomic E-state index is -3.07. The van der Waals surface area contributed by atoms with E-state index in [2.05, 4.69) is 32.4 Å². The number of rotatable bonds is 10. The molecule has 0 unspecified atom stereocenters. The van der Waals surface area contributed by atoms with Crippen LogP contribution < -0.4 is 10.1 Å². The number of likely N-dealkylation sites (tertiary alicyclic amines) is 1. The normalized spacial score (nSPS) is 16.1. The number of piperidine rings is 1. The first-order valence-corrected chi connectivity index (χ1v) is 15.4. The van der Waals surface area contributed by atoms with Crippen LogP contribution in [0.1, 0.15) is 23.2 Å². The molecule has 15 heteroatoms. The van der Waals surface area contributed by atoms with Gasteiger partial charge in [-0.25, -0.2) is 9.50 Å². The van der Waals surface area contributed by atoms with E-state index in [0.29, 0.717) is 30.8 Å². The first-order chi connectivity index (χ1) is 21.3. The molecule has 0 bridgehead atoms. The Morgan fingerprint density at radius 2 is 2.02 bits per heavy atom. The van der Waals surface area contributed by atoms with Crippen molar-refractivity contribution >= 4 is 34.9 Å². The zero-order valence-electron chi connectivity index (χ0n) is 24.2. The van der Waals surface area contributed by atoms with Gasteiger partial charge in [-0.1, -0.05) is 0 Å². The molecule has 0 radical (unpaired) electrons. The van der Waals surface area contributed by atoms with Gasteiger partial charge in [0.1, 0.15) is 23.6 Å². The molecular formula is C29H32F2N8O4S. The molecule has 6 rings (SSSR count). The van der Waals surface area contributed by atoms with Crippen LogP contribution in [0.3, 0.4) is 0 Å². The van der Waals surface area contributed by atoms with Crippen molar-refractivity contribution in [3.05, 3.63) is 54.6 Å². The third kappa shape index (κ3) is 6.25. The number of ether oxygens (including phenoxy) is 2. The molecule has 1 aromatic carbocycles. The van der Waals surface area contributed by atoms with E-state index < -0.39 is 12.5 Å². The zero-order valence-corrected chi connectivity index (χ0v) is 25.0. The molecule has 44 heavy (non-hydrogen) atoms. The van der Waals surface area contributed by atoms with Crippen molar-refractivity contribution in [1.29, 1.82) is 0 Å². The zero-order chi connectivity index (χ0) is 30.8. The second kappa shape index (κ2) is 12.9. The summed E-state index contributed by atoms with van der Waals surface area (Å²) in [6.07, 6.45) is 9.70. The minimum Gasteiger partial charge on any atom is -0.434 e. The minimum absolute atomic E-state index is 0.0919. The van der Waals surface area contributed by atoms with Gasteiger partial charge in [-0.15, -0.1) is 11.8 Å². The Labute approximate surface area is 256 Å². The molecule has 0 atom stereocenters. The number of benzene rings is 1. The molecule has 12 nitrogen and oxygen atoms in total. The van der Waals surface area contributed by atoms with Crippen molar-refractivity contribution in [3.63, 3.8) is 0 Å². The van der Waals surface area contributed by atoms with Gasteiger partial charge in [0.05, 0.1) is 31.1 Å². The van der Waals surface area contributed by atoms with Crippen LogP contribution in [-0.2, 0) is 16.1 Å². The smallest absolute Gasteiger partial charge is 0.387 e. The van der Waals surface area contributed by atoms with Crippen molar-refractivity contribution in [1.82, 2.24) is 34.2 Å². The first kappa shape index (κ1) is 30.0. The molecule has 0 saturated carbocycles. The lowest BCUT2D eigenvalue weighted by Gasteiger charge is -2.43. The van der Waals surface area contributed by atoms with E-state index in [1.807, 2.05) is 11.2 Å². The maximum absolute atomic E-state index is 13.4. The van der Waals surface area contributed by atoms with Gasteiger partial charge in [-0.05, 0) is 50.4 Å². The van der Waals surface area contributed by atoms with Gasteiger partial charge in [0.25, 0.3) is 5.91 Å². The van der Waals surface area contributed by atoms with E-state index in [-0.39, 0.29) is 40.7 Å². The van der Waals surface area contributed by atoms with Crippen molar-refractivity contribution in [2.45, 2.75) is 43.0 Å². The van der Waals surface area contributed by atoms with Crippen molar-refractivity contribution in [2.75, 3.05) is 44.9 Å². The quantitative estimate of drug-likeness (QED) is 0.264. The lowest BCUT2D eigenvalue weighted by Crippen LogP contribution is -2.54. The Hall–Kier alpha value is -4.08. The summed E-state index contributed by atoms with van der Waals surface area (Å²) in [5, 5.41) is 11.6. The van der Waals surface area contributed by atoms with E-state index in [0.717, 1.165) is 31.0 Å². The van der Waals surface area contributed by atoms with Crippen LogP contribution in [0.5, 0.6) is 5.75 Å². The van der Waals surface area contributed by atoms with E-state index >= 15 is 0 Å². The Morgan fingerprint density at radius 3 is 2.73 bits per heavy atom. The van der Waals surface area contributed by atoms with Crippen LogP contribution in [0, 0.1) is 0 Å². The highest BCUT2D eigenvalue weighted by atomic mass is 32.2. The number of halogens is 2. The number of nitrogens with one attached hydrogen (secondary N) is 1. The van der Waals surface area contributed by atoms with Crippen molar-refractivity contribution in [3.8, 4) is 17.0 Å². The van der Waals surface area contributed by atoms with Crippen molar-refractivity contribution < 1.29 is 27.8 Å². The highest BCUT2D eigenvalue weighted by Crippen LogP contribution is 2.38. The second-order valence-electron chi connectivity index (χ2n) is 10.7.